The Balaban J connectivity index is 1.40. The lowest BCUT2D eigenvalue weighted by Crippen LogP contribution is -2.68. The van der Waals surface area contributed by atoms with E-state index in [1.807, 2.05) is 31.3 Å². The van der Waals surface area contributed by atoms with Crippen LogP contribution in [0.5, 0.6) is 0 Å². The Morgan fingerprint density at radius 1 is 1.29 bits per heavy atom. The largest absolute Gasteiger partial charge is 0.377 e. The highest BCUT2D eigenvalue weighted by Gasteiger charge is 2.59. The highest BCUT2D eigenvalue weighted by molar-refractivity contribution is 5.80. The maximum atomic E-state index is 9.42. The summed E-state index contributed by atoms with van der Waals surface area (Å²) in [6.07, 6.45) is 3.71. The van der Waals surface area contributed by atoms with E-state index in [1.54, 1.807) is 0 Å². The van der Waals surface area contributed by atoms with Crippen molar-refractivity contribution < 1.29 is 4.74 Å². The number of nitrogens with one attached hydrogen (secondary N) is 2. The van der Waals surface area contributed by atoms with Crippen LogP contribution < -0.4 is 15.5 Å². The number of hydrogen-bond donors (Lipinski definition) is 2. The lowest BCUT2D eigenvalue weighted by molar-refractivity contribution is -0.106. The van der Waals surface area contributed by atoms with Crippen molar-refractivity contribution in [3.8, 4) is 6.07 Å². The molecule has 0 spiro atoms. The second kappa shape index (κ2) is 7.63. The summed E-state index contributed by atoms with van der Waals surface area (Å²) in [7, 11) is 1.84. The third kappa shape index (κ3) is 3.33. The molecule has 28 heavy (non-hydrogen) atoms. The monoisotopic (exact) mass is 381 g/mol. The summed E-state index contributed by atoms with van der Waals surface area (Å²) in [5, 5.41) is 16.7. The zero-order valence-electron chi connectivity index (χ0n) is 17.1. The van der Waals surface area contributed by atoms with Crippen molar-refractivity contribution in [2.45, 2.75) is 51.3 Å². The van der Waals surface area contributed by atoms with Crippen LogP contribution in [-0.2, 0) is 4.74 Å². The first kappa shape index (κ1) is 19.1. The molecular formula is C22H31N5O. The van der Waals surface area contributed by atoms with Gasteiger partial charge in [-0.2, -0.15) is 5.26 Å². The number of piperidine rings is 1. The van der Waals surface area contributed by atoms with Crippen molar-refractivity contribution in [1.82, 2.24) is 10.6 Å². The number of rotatable bonds is 3. The molecule has 6 nitrogen and oxygen atoms in total. The second-order valence-electron chi connectivity index (χ2n) is 8.82. The number of nitrogens with zero attached hydrogens (tertiary/aromatic N) is 3. The molecule has 4 rings (SSSR count). The van der Waals surface area contributed by atoms with Gasteiger partial charge in [-0.15, -0.1) is 0 Å². The molecule has 4 atom stereocenters. The number of guanidine groups is 1. The fourth-order valence-corrected chi connectivity index (χ4v) is 5.29. The summed E-state index contributed by atoms with van der Waals surface area (Å²) in [6.45, 7) is 7.30. The van der Waals surface area contributed by atoms with E-state index in [2.05, 4.69) is 40.4 Å². The zero-order chi connectivity index (χ0) is 19.7. The summed E-state index contributed by atoms with van der Waals surface area (Å²) >= 11 is 0. The number of anilines is 1. The van der Waals surface area contributed by atoms with Crippen molar-refractivity contribution in [3.63, 3.8) is 0 Å². The van der Waals surface area contributed by atoms with Crippen LogP contribution in [0.2, 0.25) is 0 Å². The first-order chi connectivity index (χ1) is 13.5. The highest BCUT2D eigenvalue weighted by atomic mass is 16.5. The van der Waals surface area contributed by atoms with Gasteiger partial charge in [-0.1, -0.05) is 26.0 Å². The van der Waals surface area contributed by atoms with Crippen molar-refractivity contribution >= 4 is 11.6 Å². The smallest absolute Gasteiger partial charge is 0.191 e. The first-order valence-electron chi connectivity index (χ1n) is 10.4. The predicted molar refractivity (Wildman–Crippen MR) is 111 cm³/mol. The van der Waals surface area contributed by atoms with Gasteiger partial charge in [0.1, 0.15) is 6.07 Å². The van der Waals surface area contributed by atoms with Gasteiger partial charge in [0.15, 0.2) is 5.96 Å². The quantitative estimate of drug-likeness (QED) is 0.622. The van der Waals surface area contributed by atoms with E-state index >= 15 is 0 Å². The Hall–Kier alpha value is -2.26. The molecule has 0 amide bonds. The second-order valence-corrected chi connectivity index (χ2v) is 8.82. The van der Waals surface area contributed by atoms with Gasteiger partial charge >= 0.3 is 0 Å². The van der Waals surface area contributed by atoms with Gasteiger partial charge in [0.25, 0.3) is 0 Å². The van der Waals surface area contributed by atoms with E-state index in [4.69, 9.17) is 4.74 Å². The highest BCUT2D eigenvalue weighted by Crippen LogP contribution is 2.52. The van der Waals surface area contributed by atoms with Crippen LogP contribution in [0, 0.1) is 22.7 Å². The van der Waals surface area contributed by atoms with Crippen molar-refractivity contribution in [3.05, 3.63) is 29.8 Å². The molecule has 3 aliphatic rings. The Morgan fingerprint density at radius 3 is 2.89 bits per heavy atom. The molecule has 0 bridgehead atoms. The minimum Gasteiger partial charge on any atom is -0.377 e. The summed E-state index contributed by atoms with van der Waals surface area (Å²) in [5.74, 6) is 1.46. The SMILES string of the molecule is CN=C(NC1CCCN(c2ccccc2C#N)C1)NC1C2CCOC2C1(C)C. The topological polar surface area (TPSA) is 72.7 Å². The van der Waals surface area contributed by atoms with Crippen LogP contribution >= 0.6 is 0 Å². The molecule has 150 valence electrons. The zero-order valence-corrected chi connectivity index (χ0v) is 17.1. The van der Waals surface area contributed by atoms with Crippen LogP contribution in [0.4, 0.5) is 5.69 Å². The van der Waals surface area contributed by atoms with E-state index in [1.165, 1.54) is 0 Å². The molecule has 2 saturated heterocycles. The maximum absolute atomic E-state index is 9.42. The van der Waals surface area contributed by atoms with Crippen molar-refractivity contribution in [2.24, 2.45) is 16.3 Å². The number of nitriles is 1. The summed E-state index contributed by atoms with van der Waals surface area (Å²) < 4.78 is 5.91. The number of ether oxygens (including phenoxy) is 1. The Kier molecular flexibility index (Phi) is 5.20. The number of aliphatic imine (C=N–C) groups is 1. The molecule has 4 unspecified atom stereocenters. The minimum absolute atomic E-state index is 0.128. The summed E-state index contributed by atoms with van der Waals surface area (Å²) in [6, 6.07) is 10.9. The number of para-hydroxylation sites is 1. The first-order valence-corrected chi connectivity index (χ1v) is 10.4. The molecular weight excluding hydrogens is 350 g/mol. The van der Waals surface area contributed by atoms with Crippen molar-refractivity contribution in [2.75, 3.05) is 31.6 Å². The van der Waals surface area contributed by atoms with E-state index in [9.17, 15) is 5.26 Å². The molecule has 6 heteroatoms. The molecule has 0 aromatic heterocycles. The molecule has 0 radical (unpaired) electrons. The van der Waals surface area contributed by atoms with E-state index in [0.717, 1.165) is 56.2 Å². The van der Waals surface area contributed by atoms with Crippen LogP contribution in [0.25, 0.3) is 0 Å². The van der Waals surface area contributed by atoms with Gasteiger partial charge in [0.2, 0.25) is 0 Å². The fraction of sp³-hybridized carbons (Fsp3) is 0.636. The Labute approximate surface area is 168 Å². The molecule has 2 aliphatic heterocycles. The van der Waals surface area contributed by atoms with Gasteiger partial charge in [0, 0.05) is 50.2 Å². The van der Waals surface area contributed by atoms with Gasteiger partial charge in [-0.05, 0) is 31.4 Å². The lowest BCUT2D eigenvalue weighted by Gasteiger charge is -2.55. The van der Waals surface area contributed by atoms with Crippen molar-refractivity contribution in [1.29, 1.82) is 5.26 Å². The fourth-order valence-electron chi connectivity index (χ4n) is 5.29. The number of fused-ring (bicyclic) bond motifs is 1. The lowest BCUT2D eigenvalue weighted by atomic mass is 9.57. The van der Waals surface area contributed by atoms with Crippen LogP contribution in [0.3, 0.4) is 0 Å². The van der Waals surface area contributed by atoms with Crippen LogP contribution in [0.1, 0.15) is 38.7 Å². The van der Waals surface area contributed by atoms with E-state index in [0.29, 0.717) is 24.1 Å². The average molecular weight is 382 g/mol. The third-order valence-electron chi connectivity index (χ3n) is 6.74. The standard InChI is InChI=1S/C22H31N5O/c1-22(2)19(17-10-12-28-20(17)22)26-21(24-3)25-16-8-6-11-27(14-16)18-9-5-4-7-15(18)13-23/h4-5,7,9,16-17,19-20H,6,8,10-12,14H2,1-3H3,(H2,24,25,26). The molecule has 1 aromatic carbocycles. The van der Waals surface area contributed by atoms with E-state index < -0.39 is 0 Å². The Bertz CT molecular complexity index is 783. The maximum Gasteiger partial charge on any atom is 0.191 e. The number of hydrogen-bond acceptors (Lipinski definition) is 4. The number of benzene rings is 1. The van der Waals surface area contributed by atoms with Gasteiger partial charge in [0.05, 0.1) is 17.4 Å². The summed E-state index contributed by atoms with van der Waals surface area (Å²) in [4.78, 5) is 6.82. The average Bonchev–Trinajstić information content (AvgIpc) is 3.18. The minimum atomic E-state index is 0.128. The van der Waals surface area contributed by atoms with Gasteiger partial charge in [-0.25, -0.2) is 0 Å². The third-order valence-corrected chi connectivity index (χ3v) is 6.74. The molecule has 1 saturated carbocycles. The molecule has 1 aromatic rings. The molecule has 1 aliphatic carbocycles. The molecule has 2 heterocycles. The normalized spacial score (nSPS) is 31.5. The van der Waals surface area contributed by atoms with E-state index in [-0.39, 0.29) is 5.41 Å². The molecule has 2 N–H and O–H groups in total. The predicted octanol–water partition coefficient (Wildman–Crippen LogP) is 2.51. The van der Waals surface area contributed by atoms with Crippen LogP contribution in [-0.4, -0.2) is 50.9 Å². The van der Waals surface area contributed by atoms with Gasteiger partial charge in [-0.3, -0.25) is 4.99 Å². The summed E-state index contributed by atoms with van der Waals surface area (Å²) in [5.41, 5.74) is 1.91. The van der Waals surface area contributed by atoms with Gasteiger partial charge < -0.3 is 20.3 Å². The van der Waals surface area contributed by atoms with Crippen LogP contribution in [0.15, 0.2) is 29.3 Å². The molecule has 3 fully saturated rings. The Morgan fingerprint density at radius 2 is 2.11 bits per heavy atom.